The van der Waals surface area contributed by atoms with Gasteiger partial charge in [0.05, 0.1) is 0 Å². The van der Waals surface area contributed by atoms with Crippen LogP contribution in [0.5, 0.6) is 0 Å². The van der Waals surface area contributed by atoms with Gasteiger partial charge in [0.1, 0.15) is 0 Å². The number of benzene rings is 2. The highest BCUT2D eigenvalue weighted by Crippen LogP contribution is 2.39. The van der Waals surface area contributed by atoms with Crippen LogP contribution in [0.2, 0.25) is 0 Å². The molecule has 3 aromatic rings. The predicted octanol–water partition coefficient (Wildman–Crippen LogP) is 5.68. The summed E-state index contributed by atoms with van der Waals surface area (Å²) in [5.41, 5.74) is 2.44. The normalized spacial score (nSPS) is 22.5. The van der Waals surface area contributed by atoms with Crippen LogP contribution in [0.25, 0.3) is 11.1 Å². The standard InChI is InChI=1S/C29H32F3N3O/c1-20-15-22(3-10-27(20)23-4-6-24(7-5-23)28(2,36)29(30,31)32)17-35-19-25-8-9-26(35)18-34(25)16-21-11-13-33-14-12-21/h3-7,10-15,25-26,36H,8-9,16-19H2,1-2H3. The lowest BCUT2D eigenvalue weighted by atomic mass is 9.89. The van der Waals surface area contributed by atoms with Gasteiger partial charge in [0.25, 0.3) is 0 Å². The van der Waals surface area contributed by atoms with Crippen molar-refractivity contribution in [2.45, 2.75) is 63.6 Å². The van der Waals surface area contributed by atoms with Crippen molar-refractivity contribution >= 4 is 0 Å². The van der Waals surface area contributed by atoms with Crippen LogP contribution < -0.4 is 0 Å². The summed E-state index contributed by atoms with van der Waals surface area (Å²) in [4.78, 5) is 9.32. The van der Waals surface area contributed by atoms with Crippen molar-refractivity contribution < 1.29 is 18.3 Å². The average molecular weight is 496 g/mol. The van der Waals surface area contributed by atoms with E-state index in [1.54, 1.807) is 12.1 Å². The Labute approximate surface area is 210 Å². The van der Waals surface area contributed by atoms with Crippen LogP contribution in [-0.4, -0.2) is 51.2 Å². The largest absolute Gasteiger partial charge is 0.421 e. The summed E-state index contributed by atoms with van der Waals surface area (Å²) in [6.07, 6.45) is 1.45. The summed E-state index contributed by atoms with van der Waals surface area (Å²) >= 11 is 0. The van der Waals surface area contributed by atoms with Gasteiger partial charge in [-0.1, -0.05) is 42.5 Å². The molecule has 6 rings (SSSR count). The first-order valence-electron chi connectivity index (χ1n) is 12.5. The van der Waals surface area contributed by atoms with E-state index in [-0.39, 0.29) is 5.56 Å². The summed E-state index contributed by atoms with van der Waals surface area (Å²) in [5.74, 6) is 0. The Hall–Kier alpha value is -2.74. The number of halogens is 3. The number of aliphatic hydroxyl groups is 1. The second kappa shape index (κ2) is 9.61. The monoisotopic (exact) mass is 495 g/mol. The molecule has 7 heteroatoms. The minimum atomic E-state index is -4.73. The SMILES string of the molecule is Cc1cc(CN2CC3CCC2CN3Cc2ccncc2)ccc1-c1ccc(C(C)(O)C(F)(F)F)cc1. The number of piperazine rings is 1. The van der Waals surface area contributed by atoms with E-state index in [4.69, 9.17) is 0 Å². The molecule has 1 aromatic heterocycles. The maximum Gasteiger partial charge on any atom is 0.421 e. The van der Waals surface area contributed by atoms with Gasteiger partial charge in [-0.15, -0.1) is 0 Å². The summed E-state index contributed by atoms with van der Waals surface area (Å²) in [6.45, 7) is 6.85. The molecule has 4 nitrogen and oxygen atoms in total. The second-order valence-electron chi connectivity index (χ2n) is 10.4. The molecule has 0 radical (unpaired) electrons. The van der Waals surface area contributed by atoms with Crippen LogP contribution in [0, 0.1) is 6.92 Å². The number of piperidine rings is 2. The molecular formula is C29H32F3N3O. The first-order valence-corrected chi connectivity index (χ1v) is 12.5. The lowest BCUT2D eigenvalue weighted by Gasteiger charge is -2.51. The van der Waals surface area contributed by atoms with E-state index in [1.165, 1.54) is 36.1 Å². The Morgan fingerprint density at radius 2 is 1.44 bits per heavy atom. The van der Waals surface area contributed by atoms with Crippen molar-refractivity contribution in [3.05, 3.63) is 89.2 Å². The van der Waals surface area contributed by atoms with Crippen LogP contribution >= 0.6 is 0 Å². The zero-order valence-corrected chi connectivity index (χ0v) is 20.7. The molecule has 4 heterocycles. The van der Waals surface area contributed by atoms with Crippen LogP contribution in [0.4, 0.5) is 13.2 Å². The fourth-order valence-electron chi connectivity index (χ4n) is 5.63. The number of nitrogens with zero attached hydrogens (tertiary/aromatic N) is 3. The maximum absolute atomic E-state index is 13.2. The highest BCUT2D eigenvalue weighted by atomic mass is 19.4. The molecule has 3 aliphatic rings. The molecule has 3 aliphatic heterocycles. The molecule has 2 aromatic carbocycles. The number of alkyl halides is 3. The van der Waals surface area contributed by atoms with Gasteiger partial charge < -0.3 is 5.11 Å². The van der Waals surface area contributed by atoms with Gasteiger partial charge in [0, 0.05) is 50.7 Å². The summed E-state index contributed by atoms with van der Waals surface area (Å²) in [5, 5.41) is 9.93. The quantitative estimate of drug-likeness (QED) is 0.478. The molecular weight excluding hydrogens is 463 g/mol. The van der Waals surface area contributed by atoms with Gasteiger partial charge in [-0.25, -0.2) is 0 Å². The summed E-state index contributed by atoms with van der Waals surface area (Å²) < 4.78 is 39.5. The van der Waals surface area contributed by atoms with E-state index in [9.17, 15) is 18.3 Å². The molecule has 36 heavy (non-hydrogen) atoms. The van der Waals surface area contributed by atoms with Crippen molar-refractivity contribution in [3.8, 4) is 11.1 Å². The van der Waals surface area contributed by atoms with Crippen molar-refractivity contribution in [3.63, 3.8) is 0 Å². The molecule has 190 valence electrons. The van der Waals surface area contributed by atoms with Crippen LogP contribution in [0.1, 0.15) is 42.0 Å². The topological polar surface area (TPSA) is 39.6 Å². The molecule has 2 bridgehead atoms. The Morgan fingerprint density at radius 3 is 1.97 bits per heavy atom. The fraction of sp³-hybridized carbons (Fsp3) is 0.414. The number of aromatic nitrogens is 1. The minimum absolute atomic E-state index is 0.161. The first kappa shape index (κ1) is 24.9. The van der Waals surface area contributed by atoms with Crippen molar-refractivity contribution in [1.29, 1.82) is 0 Å². The van der Waals surface area contributed by atoms with Gasteiger partial charge in [0.2, 0.25) is 0 Å². The number of fused-ring (bicyclic) bond motifs is 3. The van der Waals surface area contributed by atoms with E-state index in [0.29, 0.717) is 12.1 Å². The lowest BCUT2D eigenvalue weighted by molar-refractivity contribution is -0.258. The Bertz CT molecular complexity index is 1190. The predicted molar refractivity (Wildman–Crippen MR) is 134 cm³/mol. The van der Waals surface area contributed by atoms with E-state index >= 15 is 0 Å². The van der Waals surface area contributed by atoms with E-state index < -0.39 is 11.8 Å². The van der Waals surface area contributed by atoms with Crippen LogP contribution in [-0.2, 0) is 18.7 Å². The summed E-state index contributed by atoms with van der Waals surface area (Å²) in [7, 11) is 0. The smallest absolute Gasteiger partial charge is 0.376 e. The number of rotatable bonds is 6. The van der Waals surface area contributed by atoms with Gasteiger partial charge in [-0.3, -0.25) is 14.8 Å². The fourth-order valence-corrected chi connectivity index (χ4v) is 5.63. The third-order valence-electron chi connectivity index (χ3n) is 7.88. The van der Waals surface area contributed by atoms with Crippen LogP contribution in [0.3, 0.4) is 0 Å². The highest BCUT2D eigenvalue weighted by molar-refractivity contribution is 5.68. The van der Waals surface area contributed by atoms with Gasteiger partial charge in [-0.2, -0.15) is 13.2 Å². The molecule has 3 atom stereocenters. The number of hydrogen-bond acceptors (Lipinski definition) is 4. The molecule has 3 saturated heterocycles. The number of pyridine rings is 1. The lowest BCUT2D eigenvalue weighted by Crippen LogP contribution is -2.61. The van der Waals surface area contributed by atoms with Crippen LogP contribution in [0.15, 0.2) is 67.0 Å². The Morgan fingerprint density at radius 1 is 0.861 bits per heavy atom. The van der Waals surface area contributed by atoms with E-state index in [2.05, 4.69) is 45.1 Å². The Balaban J connectivity index is 1.25. The second-order valence-corrected chi connectivity index (χ2v) is 10.4. The third-order valence-corrected chi connectivity index (χ3v) is 7.88. The minimum Gasteiger partial charge on any atom is -0.376 e. The van der Waals surface area contributed by atoms with Crippen molar-refractivity contribution in [2.24, 2.45) is 0 Å². The highest BCUT2D eigenvalue weighted by Gasteiger charge is 2.51. The average Bonchev–Trinajstić information content (AvgIpc) is 2.85. The first-order chi connectivity index (χ1) is 17.1. The zero-order chi connectivity index (χ0) is 25.5. The third kappa shape index (κ3) is 4.92. The van der Waals surface area contributed by atoms with Gasteiger partial charge in [0.15, 0.2) is 5.60 Å². The Kier molecular flexibility index (Phi) is 6.66. The molecule has 0 spiro atoms. The molecule has 3 fully saturated rings. The van der Waals surface area contributed by atoms with Gasteiger partial charge >= 0.3 is 6.18 Å². The molecule has 3 unspecified atom stereocenters. The van der Waals surface area contributed by atoms with Gasteiger partial charge in [-0.05, 0) is 72.2 Å². The maximum atomic E-state index is 13.2. The number of hydrogen-bond donors (Lipinski definition) is 1. The van der Waals surface area contributed by atoms with Crippen molar-refractivity contribution in [2.75, 3.05) is 13.1 Å². The zero-order valence-electron chi connectivity index (χ0n) is 20.7. The summed E-state index contributed by atoms with van der Waals surface area (Å²) in [6, 6.07) is 17.7. The molecule has 0 aliphatic carbocycles. The van der Waals surface area contributed by atoms with Crippen molar-refractivity contribution in [1.82, 2.24) is 14.8 Å². The molecule has 0 amide bonds. The van der Waals surface area contributed by atoms with E-state index in [0.717, 1.165) is 49.8 Å². The van der Waals surface area contributed by atoms with E-state index in [1.807, 2.05) is 19.3 Å². The molecule has 0 saturated carbocycles. The number of aryl methyl sites for hydroxylation is 1. The molecule has 1 N–H and O–H groups in total.